The van der Waals surface area contributed by atoms with Crippen LogP contribution in [0.25, 0.3) is 0 Å². The summed E-state index contributed by atoms with van der Waals surface area (Å²) in [7, 11) is 0. The number of nitro benzene ring substituents is 1. The molecule has 1 aromatic carbocycles. The maximum Gasteiger partial charge on any atom is 0.418 e. The van der Waals surface area contributed by atoms with E-state index in [0.29, 0.717) is 10.9 Å². The summed E-state index contributed by atoms with van der Waals surface area (Å²) in [6.07, 6.45) is -4.87. The van der Waals surface area contributed by atoms with E-state index >= 15 is 0 Å². The summed E-state index contributed by atoms with van der Waals surface area (Å²) in [5.41, 5.74) is -2.44. The highest BCUT2D eigenvalue weighted by Gasteiger charge is 2.35. The van der Waals surface area contributed by atoms with Crippen LogP contribution in [0.1, 0.15) is 10.4 Å². The summed E-state index contributed by atoms with van der Waals surface area (Å²) in [5, 5.41) is 14.5. The number of nitrogens with one attached hydrogen (secondary N) is 1. The van der Waals surface area contributed by atoms with Crippen LogP contribution >= 0.6 is 11.3 Å². The summed E-state index contributed by atoms with van der Waals surface area (Å²) >= 11 is 1.31. The van der Waals surface area contributed by atoms with Crippen molar-refractivity contribution in [3.05, 3.63) is 56.3 Å². The molecule has 2 rings (SSSR count). The molecular formula is C13H9F3N2O3S. The third kappa shape index (κ3) is 3.82. The monoisotopic (exact) mass is 330 g/mol. The lowest BCUT2D eigenvalue weighted by atomic mass is 10.1. The standard InChI is InChI=1S/C13H9F3N2O3S/c14-13(15,16)10-6-8(18(20)21)3-4-11(10)17-12(19)7-9-2-1-5-22-9/h1-6H,7H2,(H,17,19). The molecule has 1 heterocycles. The van der Waals surface area contributed by atoms with Crippen LogP contribution in [0, 0.1) is 10.1 Å². The third-order valence-electron chi connectivity index (χ3n) is 2.71. The summed E-state index contributed by atoms with van der Waals surface area (Å²) in [6.45, 7) is 0. The minimum Gasteiger partial charge on any atom is -0.325 e. The van der Waals surface area contributed by atoms with Gasteiger partial charge in [0.05, 0.1) is 22.6 Å². The number of carbonyl (C=O) groups is 1. The van der Waals surface area contributed by atoms with Gasteiger partial charge in [0.1, 0.15) is 0 Å². The number of halogens is 3. The molecule has 0 aliphatic heterocycles. The molecule has 0 fully saturated rings. The fourth-order valence-electron chi connectivity index (χ4n) is 1.76. The molecule has 0 unspecified atom stereocenters. The Kier molecular flexibility index (Phi) is 4.45. The van der Waals surface area contributed by atoms with Crippen LogP contribution in [0.5, 0.6) is 0 Å². The molecule has 0 saturated heterocycles. The predicted molar refractivity (Wildman–Crippen MR) is 74.8 cm³/mol. The number of anilines is 1. The number of hydrogen-bond donors (Lipinski definition) is 1. The van der Waals surface area contributed by atoms with Crippen LogP contribution in [-0.2, 0) is 17.4 Å². The maximum atomic E-state index is 12.9. The SMILES string of the molecule is O=C(Cc1cccs1)Nc1ccc([N+](=O)[O-])cc1C(F)(F)F. The molecule has 0 radical (unpaired) electrons. The lowest BCUT2D eigenvalue weighted by Gasteiger charge is -2.13. The van der Waals surface area contributed by atoms with Crippen LogP contribution in [0.4, 0.5) is 24.5 Å². The van der Waals surface area contributed by atoms with Crippen molar-refractivity contribution in [1.82, 2.24) is 0 Å². The number of carbonyl (C=O) groups excluding carboxylic acids is 1. The number of amides is 1. The molecule has 0 spiro atoms. The zero-order valence-corrected chi connectivity index (χ0v) is 11.7. The first-order valence-corrected chi connectivity index (χ1v) is 6.83. The summed E-state index contributed by atoms with van der Waals surface area (Å²) in [5.74, 6) is -0.623. The van der Waals surface area contributed by atoms with Crippen molar-refractivity contribution < 1.29 is 22.9 Å². The van der Waals surface area contributed by atoms with Crippen LogP contribution in [0.3, 0.4) is 0 Å². The largest absolute Gasteiger partial charge is 0.418 e. The van der Waals surface area contributed by atoms with Gasteiger partial charge in [0.2, 0.25) is 5.91 Å². The molecule has 0 atom stereocenters. The van der Waals surface area contributed by atoms with Crippen molar-refractivity contribution >= 4 is 28.6 Å². The van der Waals surface area contributed by atoms with E-state index in [1.165, 1.54) is 11.3 Å². The van der Waals surface area contributed by atoms with Crippen molar-refractivity contribution in [3.8, 4) is 0 Å². The second-order valence-corrected chi connectivity index (χ2v) is 5.32. The van der Waals surface area contributed by atoms with Crippen molar-refractivity contribution in [2.45, 2.75) is 12.6 Å². The Hall–Kier alpha value is -2.42. The second-order valence-electron chi connectivity index (χ2n) is 4.29. The van der Waals surface area contributed by atoms with Gasteiger partial charge < -0.3 is 5.32 Å². The fourth-order valence-corrected chi connectivity index (χ4v) is 2.46. The number of thiophene rings is 1. The summed E-state index contributed by atoms with van der Waals surface area (Å²) in [4.78, 5) is 22.1. The van der Waals surface area contributed by atoms with Crippen molar-refractivity contribution in [2.24, 2.45) is 0 Å². The Balaban J connectivity index is 2.26. The van der Waals surface area contributed by atoms with Gasteiger partial charge >= 0.3 is 6.18 Å². The van der Waals surface area contributed by atoms with Crippen molar-refractivity contribution in [2.75, 3.05) is 5.32 Å². The number of hydrogen-bond acceptors (Lipinski definition) is 4. The van der Waals surface area contributed by atoms with Gasteiger partial charge in [-0.15, -0.1) is 11.3 Å². The van der Waals surface area contributed by atoms with E-state index in [1.807, 2.05) is 0 Å². The quantitative estimate of drug-likeness (QED) is 0.683. The Morgan fingerprint density at radius 2 is 2.05 bits per heavy atom. The van der Waals surface area contributed by atoms with E-state index in [0.717, 1.165) is 12.1 Å². The number of non-ortho nitro benzene ring substituents is 1. The van der Waals surface area contributed by atoms with Gasteiger partial charge in [0.25, 0.3) is 5.69 Å². The van der Waals surface area contributed by atoms with Gasteiger partial charge in [-0.2, -0.15) is 13.2 Å². The van der Waals surface area contributed by atoms with Crippen molar-refractivity contribution in [1.29, 1.82) is 0 Å². The van der Waals surface area contributed by atoms with Gasteiger partial charge in [0.15, 0.2) is 0 Å². The van der Waals surface area contributed by atoms with Gasteiger partial charge in [-0.05, 0) is 17.5 Å². The van der Waals surface area contributed by atoms with Crippen molar-refractivity contribution in [3.63, 3.8) is 0 Å². The highest BCUT2D eigenvalue weighted by molar-refractivity contribution is 7.10. The minimum atomic E-state index is -4.81. The molecule has 0 aliphatic carbocycles. The average Bonchev–Trinajstić information content (AvgIpc) is 2.90. The number of rotatable bonds is 4. The summed E-state index contributed by atoms with van der Waals surface area (Å²) < 4.78 is 38.8. The molecule has 9 heteroatoms. The third-order valence-corrected chi connectivity index (χ3v) is 3.58. The zero-order chi connectivity index (χ0) is 16.3. The number of nitro groups is 1. The van der Waals surface area contributed by atoms with E-state index in [-0.39, 0.29) is 6.42 Å². The van der Waals surface area contributed by atoms with Crippen LogP contribution < -0.4 is 5.32 Å². The molecule has 2 aromatic rings. The highest BCUT2D eigenvalue weighted by atomic mass is 32.1. The lowest BCUT2D eigenvalue weighted by molar-refractivity contribution is -0.385. The normalized spacial score (nSPS) is 11.2. The molecular weight excluding hydrogens is 321 g/mol. The smallest absolute Gasteiger partial charge is 0.325 e. The Morgan fingerprint density at radius 3 is 2.59 bits per heavy atom. The number of alkyl halides is 3. The second kappa shape index (κ2) is 6.14. The predicted octanol–water partition coefficient (Wildman–Crippen LogP) is 3.86. The first-order valence-electron chi connectivity index (χ1n) is 5.95. The van der Waals surface area contributed by atoms with E-state index in [1.54, 1.807) is 17.5 Å². The topological polar surface area (TPSA) is 72.2 Å². The van der Waals surface area contributed by atoms with Crippen LogP contribution in [0.2, 0.25) is 0 Å². The molecule has 1 amide bonds. The van der Waals surface area contributed by atoms with Gasteiger partial charge in [0, 0.05) is 17.0 Å². The number of benzene rings is 1. The van der Waals surface area contributed by atoms with Crippen LogP contribution in [0.15, 0.2) is 35.7 Å². The lowest BCUT2D eigenvalue weighted by Crippen LogP contribution is -2.18. The van der Waals surface area contributed by atoms with E-state index in [4.69, 9.17) is 0 Å². The first kappa shape index (κ1) is 16.0. The Bertz CT molecular complexity index is 699. The molecule has 0 saturated carbocycles. The Labute approximate surface area is 126 Å². The molecule has 1 aromatic heterocycles. The van der Waals surface area contributed by atoms with Gasteiger partial charge in [-0.1, -0.05) is 6.07 Å². The first-order chi connectivity index (χ1) is 10.3. The highest BCUT2D eigenvalue weighted by Crippen LogP contribution is 2.37. The molecule has 0 aliphatic rings. The molecule has 22 heavy (non-hydrogen) atoms. The van der Waals surface area contributed by atoms with E-state index in [9.17, 15) is 28.1 Å². The minimum absolute atomic E-state index is 0.0635. The summed E-state index contributed by atoms with van der Waals surface area (Å²) in [6, 6.07) is 5.61. The van der Waals surface area contributed by atoms with E-state index < -0.39 is 33.9 Å². The molecule has 116 valence electrons. The fraction of sp³-hybridized carbons (Fsp3) is 0.154. The molecule has 5 nitrogen and oxygen atoms in total. The molecule has 1 N–H and O–H groups in total. The number of nitrogens with zero attached hydrogens (tertiary/aromatic N) is 1. The van der Waals surface area contributed by atoms with Crippen LogP contribution in [-0.4, -0.2) is 10.8 Å². The zero-order valence-electron chi connectivity index (χ0n) is 10.9. The van der Waals surface area contributed by atoms with E-state index in [2.05, 4.69) is 5.32 Å². The molecule has 0 bridgehead atoms. The Morgan fingerprint density at radius 1 is 1.32 bits per heavy atom. The van der Waals surface area contributed by atoms with Gasteiger partial charge in [-0.3, -0.25) is 14.9 Å². The maximum absolute atomic E-state index is 12.9. The van der Waals surface area contributed by atoms with Gasteiger partial charge in [-0.25, -0.2) is 0 Å². The average molecular weight is 330 g/mol.